The van der Waals surface area contributed by atoms with Crippen molar-refractivity contribution in [2.45, 2.75) is 19.8 Å². The van der Waals surface area contributed by atoms with Crippen LogP contribution < -0.4 is 5.32 Å². The summed E-state index contributed by atoms with van der Waals surface area (Å²) in [4.78, 5) is 22.6. The van der Waals surface area contributed by atoms with Crippen LogP contribution >= 0.6 is 0 Å². The van der Waals surface area contributed by atoms with Crippen LogP contribution in [0.2, 0.25) is 0 Å². The Morgan fingerprint density at radius 3 is 2.83 bits per heavy atom. The predicted molar refractivity (Wildman–Crippen MR) is 65.7 cm³/mol. The highest BCUT2D eigenvalue weighted by molar-refractivity contribution is 5.92. The molecule has 0 radical (unpaired) electrons. The maximum Gasteiger partial charge on any atom is 0.306 e. The van der Waals surface area contributed by atoms with Gasteiger partial charge in [-0.2, -0.15) is 5.26 Å². The van der Waals surface area contributed by atoms with Crippen molar-refractivity contribution in [2.75, 3.05) is 11.9 Å². The van der Waals surface area contributed by atoms with Crippen LogP contribution in [0.25, 0.3) is 0 Å². The number of anilines is 1. The minimum Gasteiger partial charge on any atom is -0.466 e. The number of ether oxygens (including phenoxy) is 1. The van der Waals surface area contributed by atoms with E-state index in [0.29, 0.717) is 17.9 Å². The van der Waals surface area contributed by atoms with Gasteiger partial charge in [0.1, 0.15) is 0 Å². The van der Waals surface area contributed by atoms with Gasteiger partial charge in [-0.3, -0.25) is 9.59 Å². The number of hydrogen-bond donors (Lipinski definition) is 1. The molecule has 1 rings (SSSR count). The minimum absolute atomic E-state index is 0.0532. The molecule has 0 spiro atoms. The number of hydrogen-bond acceptors (Lipinski definition) is 4. The van der Waals surface area contributed by atoms with Crippen molar-refractivity contribution in [1.82, 2.24) is 0 Å². The minimum atomic E-state index is -0.390. The Hall–Kier alpha value is -2.35. The second-order valence-electron chi connectivity index (χ2n) is 3.55. The lowest BCUT2D eigenvalue weighted by Gasteiger charge is -2.05. The fraction of sp³-hybridized carbons (Fsp3) is 0.308. The van der Waals surface area contributed by atoms with Crippen LogP contribution in [0.3, 0.4) is 0 Å². The first-order chi connectivity index (χ1) is 8.65. The highest BCUT2D eigenvalue weighted by Gasteiger charge is 2.07. The third-order valence-electron chi connectivity index (χ3n) is 2.14. The molecule has 5 heteroatoms. The second-order valence-corrected chi connectivity index (χ2v) is 3.55. The van der Waals surface area contributed by atoms with Gasteiger partial charge in [0.05, 0.1) is 24.7 Å². The fourth-order valence-electron chi connectivity index (χ4n) is 1.34. The van der Waals surface area contributed by atoms with Gasteiger partial charge in [0.15, 0.2) is 0 Å². The topological polar surface area (TPSA) is 79.2 Å². The van der Waals surface area contributed by atoms with E-state index in [1.165, 1.54) is 0 Å². The van der Waals surface area contributed by atoms with E-state index < -0.39 is 5.97 Å². The van der Waals surface area contributed by atoms with Gasteiger partial charge >= 0.3 is 5.97 Å². The standard InChI is InChI=1S/C13H14N2O3/c1-2-18-13(17)7-6-12(16)15-11-5-3-4-10(8-11)9-14/h3-5,8H,2,6-7H2,1H3,(H,15,16). The molecule has 1 aromatic rings. The van der Waals surface area contributed by atoms with E-state index in [1.54, 1.807) is 31.2 Å². The van der Waals surface area contributed by atoms with Gasteiger partial charge in [-0.25, -0.2) is 0 Å². The Morgan fingerprint density at radius 2 is 2.17 bits per heavy atom. The van der Waals surface area contributed by atoms with E-state index in [-0.39, 0.29) is 18.7 Å². The molecule has 0 fully saturated rings. The normalized spacial score (nSPS) is 9.33. The molecule has 0 aliphatic heterocycles. The van der Waals surface area contributed by atoms with E-state index in [4.69, 9.17) is 10.00 Å². The Balaban J connectivity index is 2.45. The molecule has 5 nitrogen and oxygen atoms in total. The summed E-state index contributed by atoms with van der Waals surface area (Å²) in [6, 6.07) is 8.56. The Labute approximate surface area is 105 Å². The van der Waals surface area contributed by atoms with Gasteiger partial charge in [-0.1, -0.05) is 6.07 Å². The Bertz CT molecular complexity index is 477. The predicted octanol–water partition coefficient (Wildman–Crippen LogP) is 1.84. The molecule has 0 bridgehead atoms. The van der Waals surface area contributed by atoms with E-state index in [2.05, 4.69) is 5.32 Å². The molecular formula is C13H14N2O3. The van der Waals surface area contributed by atoms with Crippen LogP contribution in [0.15, 0.2) is 24.3 Å². The van der Waals surface area contributed by atoms with Gasteiger partial charge in [-0.15, -0.1) is 0 Å². The number of nitrogens with one attached hydrogen (secondary N) is 1. The van der Waals surface area contributed by atoms with Crippen LogP contribution in [0.5, 0.6) is 0 Å². The molecule has 0 aliphatic rings. The first-order valence-electron chi connectivity index (χ1n) is 5.61. The van der Waals surface area contributed by atoms with Crippen molar-refractivity contribution in [3.63, 3.8) is 0 Å². The molecule has 1 aromatic carbocycles. The maximum absolute atomic E-state index is 11.5. The van der Waals surface area contributed by atoms with Crippen molar-refractivity contribution in [3.05, 3.63) is 29.8 Å². The van der Waals surface area contributed by atoms with E-state index in [9.17, 15) is 9.59 Å². The monoisotopic (exact) mass is 246 g/mol. The SMILES string of the molecule is CCOC(=O)CCC(=O)Nc1cccc(C#N)c1. The summed E-state index contributed by atoms with van der Waals surface area (Å²) in [5.41, 5.74) is 1.01. The van der Waals surface area contributed by atoms with Gasteiger partial charge < -0.3 is 10.1 Å². The smallest absolute Gasteiger partial charge is 0.306 e. The molecule has 18 heavy (non-hydrogen) atoms. The van der Waals surface area contributed by atoms with Gasteiger partial charge in [0.2, 0.25) is 5.91 Å². The summed E-state index contributed by atoms with van der Waals surface area (Å²) in [6.45, 7) is 2.02. The van der Waals surface area contributed by atoms with E-state index in [1.807, 2.05) is 6.07 Å². The van der Waals surface area contributed by atoms with Gasteiger partial charge in [0, 0.05) is 12.1 Å². The zero-order valence-corrected chi connectivity index (χ0v) is 10.1. The second kappa shape index (κ2) is 7.07. The molecular weight excluding hydrogens is 232 g/mol. The number of benzene rings is 1. The molecule has 0 unspecified atom stereocenters. The lowest BCUT2D eigenvalue weighted by atomic mass is 10.2. The molecule has 1 amide bonds. The first-order valence-corrected chi connectivity index (χ1v) is 5.61. The van der Waals surface area contributed by atoms with Crippen LogP contribution in [0, 0.1) is 11.3 Å². The third kappa shape index (κ3) is 4.66. The van der Waals surface area contributed by atoms with Crippen molar-refractivity contribution in [3.8, 4) is 6.07 Å². The number of esters is 1. The van der Waals surface area contributed by atoms with Crippen molar-refractivity contribution < 1.29 is 14.3 Å². The van der Waals surface area contributed by atoms with Crippen LogP contribution in [-0.2, 0) is 14.3 Å². The van der Waals surface area contributed by atoms with Crippen LogP contribution in [0.4, 0.5) is 5.69 Å². The number of nitrogens with zero attached hydrogens (tertiary/aromatic N) is 1. The summed E-state index contributed by atoms with van der Waals surface area (Å²) in [7, 11) is 0. The maximum atomic E-state index is 11.5. The van der Waals surface area contributed by atoms with Gasteiger partial charge in [-0.05, 0) is 25.1 Å². The fourth-order valence-corrected chi connectivity index (χ4v) is 1.34. The van der Waals surface area contributed by atoms with Crippen LogP contribution in [0.1, 0.15) is 25.3 Å². The molecule has 0 aliphatic carbocycles. The highest BCUT2D eigenvalue weighted by Crippen LogP contribution is 2.10. The van der Waals surface area contributed by atoms with Gasteiger partial charge in [0.25, 0.3) is 0 Å². The van der Waals surface area contributed by atoms with Crippen molar-refractivity contribution in [1.29, 1.82) is 5.26 Å². The number of carbonyl (C=O) groups excluding carboxylic acids is 2. The summed E-state index contributed by atoms with van der Waals surface area (Å²) < 4.78 is 4.72. The number of rotatable bonds is 5. The number of nitriles is 1. The molecule has 0 saturated carbocycles. The van der Waals surface area contributed by atoms with Crippen molar-refractivity contribution >= 4 is 17.6 Å². The third-order valence-corrected chi connectivity index (χ3v) is 2.14. The molecule has 0 atom stereocenters. The average molecular weight is 246 g/mol. The summed E-state index contributed by atoms with van der Waals surface area (Å²) in [6.07, 6.45) is 0.118. The molecule has 94 valence electrons. The zero-order chi connectivity index (χ0) is 13.4. The zero-order valence-electron chi connectivity index (χ0n) is 10.1. The Morgan fingerprint density at radius 1 is 1.39 bits per heavy atom. The quantitative estimate of drug-likeness (QED) is 0.804. The van der Waals surface area contributed by atoms with E-state index >= 15 is 0 Å². The lowest BCUT2D eigenvalue weighted by Crippen LogP contribution is -2.14. The highest BCUT2D eigenvalue weighted by atomic mass is 16.5. The molecule has 1 N–H and O–H groups in total. The van der Waals surface area contributed by atoms with Crippen LogP contribution in [-0.4, -0.2) is 18.5 Å². The van der Waals surface area contributed by atoms with E-state index in [0.717, 1.165) is 0 Å². The summed E-state index contributed by atoms with van der Waals surface area (Å²) >= 11 is 0. The largest absolute Gasteiger partial charge is 0.466 e. The molecule has 0 saturated heterocycles. The summed E-state index contributed by atoms with van der Waals surface area (Å²) in [5.74, 6) is -0.670. The molecule has 0 heterocycles. The Kier molecular flexibility index (Phi) is 5.39. The molecule has 0 aromatic heterocycles. The summed E-state index contributed by atoms with van der Waals surface area (Å²) in [5, 5.41) is 11.3. The number of carbonyl (C=O) groups is 2. The average Bonchev–Trinajstić information content (AvgIpc) is 2.37. The number of amides is 1. The lowest BCUT2D eigenvalue weighted by molar-refractivity contribution is -0.144. The van der Waals surface area contributed by atoms with Crippen molar-refractivity contribution in [2.24, 2.45) is 0 Å². The first kappa shape index (κ1) is 13.7.